The van der Waals surface area contributed by atoms with Gasteiger partial charge in [0.25, 0.3) is 0 Å². The van der Waals surface area contributed by atoms with E-state index in [2.05, 4.69) is 63.5 Å². The highest BCUT2D eigenvalue weighted by Crippen LogP contribution is 2.18. The molecule has 0 saturated carbocycles. The van der Waals surface area contributed by atoms with Crippen molar-refractivity contribution in [1.29, 1.82) is 0 Å². The Morgan fingerprint density at radius 2 is 1.74 bits per heavy atom. The van der Waals surface area contributed by atoms with Crippen molar-refractivity contribution in [3.8, 4) is 0 Å². The zero-order valence-corrected chi connectivity index (χ0v) is 13.2. The molecule has 108 valence electrons. The monoisotopic (exact) mass is 262 g/mol. The van der Waals surface area contributed by atoms with Crippen LogP contribution in [0, 0.1) is 6.92 Å². The second kappa shape index (κ2) is 8.34. The molecule has 0 aliphatic carbocycles. The average molecular weight is 262 g/mol. The lowest BCUT2D eigenvalue weighted by atomic mass is 9.96. The summed E-state index contributed by atoms with van der Waals surface area (Å²) in [6.07, 6.45) is 1.12. The molecule has 2 heteroatoms. The van der Waals surface area contributed by atoms with Crippen molar-refractivity contribution in [2.75, 3.05) is 19.6 Å². The lowest BCUT2D eigenvalue weighted by molar-refractivity contribution is 0.556. The molecule has 0 aliphatic rings. The first-order valence-corrected chi connectivity index (χ1v) is 7.54. The van der Waals surface area contributed by atoms with Gasteiger partial charge >= 0.3 is 0 Å². The molecule has 0 saturated heterocycles. The Balaban J connectivity index is 2.34. The molecule has 1 aromatic rings. The largest absolute Gasteiger partial charge is 0.315 e. The third kappa shape index (κ3) is 6.22. The van der Waals surface area contributed by atoms with Gasteiger partial charge in [-0.2, -0.15) is 0 Å². The van der Waals surface area contributed by atoms with Crippen LogP contribution < -0.4 is 10.6 Å². The van der Waals surface area contributed by atoms with Gasteiger partial charge < -0.3 is 10.6 Å². The fraction of sp³-hybridized carbons (Fsp3) is 0.647. The van der Waals surface area contributed by atoms with Crippen LogP contribution in [0.25, 0.3) is 0 Å². The van der Waals surface area contributed by atoms with E-state index in [1.807, 2.05) is 0 Å². The van der Waals surface area contributed by atoms with Crippen LogP contribution >= 0.6 is 0 Å². The van der Waals surface area contributed by atoms with Gasteiger partial charge in [-0.05, 0) is 42.5 Å². The van der Waals surface area contributed by atoms with E-state index in [1.54, 1.807) is 0 Å². The molecule has 1 rings (SSSR count). The minimum Gasteiger partial charge on any atom is -0.315 e. The van der Waals surface area contributed by atoms with Crippen LogP contribution in [0.1, 0.15) is 50.3 Å². The highest BCUT2D eigenvalue weighted by molar-refractivity contribution is 5.32. The first kappa shape index (κ1) is 16.2. The van der Waals surface area contributed by atoms with Crippen LogP contribution in [0.5, 0.6) is 0 Å². The zero-order chi connectivity index (χ0) is 14.3. The van der Waals surface area contributed by atoms with Gasteiger partial charge in [0.1, 0.15) is 0 Å². The van der Waals surface area contributed by atoms with Gasteiger partial charge in [0.05, 0.1) is 0 Å². The molecule has 0 aliphatic heterocycles. The molecule has 0 amide bonds. The summed E-state index contributed by atoms with van der Waals surface area (Å²) in [5.74, 6) is 0.613. The molecule has 0 spiro atoms. The van der Waals surface area contributed by atoms with E-state index in [1.165, 1.54) is 16.7 Å². The number of nitrogens with one attached hydrogen (secondary N) is 2. The molecule has 0 unspecified atom stereocenters. The summed E-state index contributed by atoms with van der Waals surface area (Å²) in [7, 11) is 0. The Morgan fingerprint density at radius 3 is 2.37 bits per heavy atom. The number of hydrogen-bond donors (Lipinski definition) is 2. The van der Waals surface area contributed by atoms with Gasteiger partial charge in [0.2, 0.25) is 0 Å². The molecule has 2 nitrogen and oxygen atoms in total. The molecule has 19 heavy (non-hydrogen) atoms. The maximum atomic E-state index is 3.50. The van der Waals surface area contributed by atoms with Gasteiger partial charge in [-0.3, -0.25) is 0 Å². The fourth-order valence-electron chi connectivity index (χ4n) is 2.12. The van der Waals surface area contributed by atoms with Crippen LogP contribution in [0.15, 0.2) is 18.2 Å². The summed E-state index contributed by atoms with van der Waals surface area (Å²) in [5.41, 5.74) is 4.34. The fourth-order valence-corrected chi connectivity index (χ4v) is 2.12. The zero-order valence-electron chi connectivity index (χ0n) is 13.2. The van der Waals surface area contributed by atoms with E-state index >= 15 is 0 Å². The van der Waals surface area contributed by atoms with Crippen LogP contribution in [-0.4, -0.2) is 25.7 Å². The third-order valence-electron chi connectivity index (χ3n) is 3.47. The van der Waals surface area contributed by atoms with Crippen LogP contribution in [-0.2, 0) is 6.42 Å². The highest BCUT2D eigenvalue weighted by atomic mass is 14.9. The van der Waals surface area contributed by atoms with Crippen molar-refractivity contribution < 1.29 is 0 Å². The second-order valence-corrected chi connectivity index (χ2v) is 5.95. The minimum atomic E-state index is 0.576. The number of benzene rings is 1. The molecule has 0 atom stereocenters. The van der Waals surface area contributed by atoms with Crippen molar-refractivity contribution in [3.63, 3.8) is 0 Å². The smallest absolute Gasteiger partial charge is 0.00790 e. The van der Waals surface area contributed by atoms with Crippen molar-refractivity contribution in [2.24, 2.45) is 0 Å². The molecule has 0 heterocycles. The molecule has 2 N–H and O–H groups in total. The standard InChI is InChI=1S/C17H30N2/c1-13(2)16-7-6-15(5)17(12-16)8-9-18-10-11-19-14(3)4/h6-7,12-14,18-19H,8-11H2,1-5H3. The number of hydrogen-bond acceptors (Lipinski definition) is 2. The average Bonchev–Trinajstić information content (AvgIpc) is 2.34. The second-order valence-electron chi connectivity index (χ2n) is 5.95. The highest BCUT2D eigenvalue weighted by Gasteiger charge is 2.03. The van der Waals surface area contributed by atoms with Crippen LogP contribution in [0.2, 0.25) is 0 Å². The molecule has 0 bridgehead atoms. The third-order valence-corrected chi connectivity index (χ3v) is 3.47. The van der Waals surface area contributed by atoms with Gasteiger partial charge in [0.15, 0.2) is 0 Å². The minimum absolute atomic E-state index is 0.576. The number of rotatable bonds is 8. The lowest BCUT2D eigenvalue weighted by Gasteiger charge is -2.12. The maximum Gasteiger partial charge on any atom is 0.00790 e. The Labute approximate surface area is 119 Å². The topological polar surface area (TPSA) is 24.1 Å². The summed E-state index contributed by atoms with van der Waals surface area (Å²) in [6, 6.07) is 7.45. The number of aryl methyl sites for hydroxylation is 1. The summed E-state index contributed by atoms with van der Waals surface area (Å²) in [4.78, 5) is 0. The normalized spacial score (nSPS) is 11.5. The Bertz CT molecular complexity index is 370. The van der Waals surface area contributed by atoms with Gasteiger partial charge in [-0.1, -0.05) is 45.9 Å². The summed E-state index contributed by atoms with van der Waals surface area (Å²) >= 11 is 0. The van der Waals surface area contributed by atoms with Crippen molar-refractivity contribution in [3.05, 3.63) is 34.9 Å². The molecular formula is C17H30N2. The summed E-state index contributed by atoms with van der Waals surface area (Å²) in [6.45, 7) is 14.2. The maximum absolute atomic E-state index is 3.50. The Hall–Kier alpha value is -0.860. The van der Waals surface area contributed by atoms with Gasteiger partial charge in [0, 0.05) is 19.1 Å². The molecule has 0 aromatic heterocycles. The molecule has 0 radical (unpaired) electrons. The lowest BCUT2D eigenvalue weighted by Crippen LogP contribution is -2.32. The van der Waals surface area contributed by atoms with E-state index < -0.39 is 0 Å². The summed E-state index contributed by atoms with van der Waals surface area (Å²) < 4.78 is 0. The quantitative estimate of drug-likeness (QED) is 0.703. The Kier molecular flexibility index (Phi) is 7.11. The summed E-state index contributed by atoms with van der Waals surface area (Å²) in [5, 5.41) is 6.92. The van der Waals surface area contributed by atoms with E-state index in [9.17, 15) is 0 Å². The van der Waals surface area contributed by atoms with Crippen molar-refractivity contribution >= 4 is 0 Å². The predicted molar refractivity (Wildman–Crippen MR) is 85.0 cm³/mol. The molecule has 0 fully saturated rings. The van der Waals surface area contributed by atoms with E-state index in [4.69, 9.17) is 0 Å². The van der Waals surface area contributed by atoms with E-state index in [0.717, 1.165) is 26.1 Å². The molecular weight excluding hydrogens is 232 g/mol. The Morgan fingerprint density at radius 1 is 1.00 bits per heavy atom. The van der Waals surface area contributed by atoms with E-state index in [-0.39, 0.29) is 0 Å². The predicted octanol–water partition coefficient (Wildman–Crippen LogP) is 3.25. The van der Waals surface area contributed by atoms with Crippen LogP contribution in [0.3, 0.4) is 0 Å². The van der Waals surface area contributed by atoms with Gasteiger partial charge in [-0.15, -0.1) is 0 Å². The SMILES string of the molecule is Cc1ccc(C(C)C)cc1CCNCCNC(C)C. The molecule has 1 aromatic carbocycles. The van der Waals surface area contributed by atoms with Crippen molar-refractivity contribution in [1.82, 2.24) is 10.6 Å². The first-order valence-electron chi connectivity index (χ1n) is 7.54. The van der Waals surface area contributed by atoms with E-state index in [0.29, 0.717) is 12.0 Å². The van der Waals surface area contributed by atoms with Crippen LogP contribution in [0.4, 0.5) is 0 Å². The van der Waals surface area contributed by atoms with Crippen molar-refractivity contribution in [2.45, 2.75) is 53.0 Å². The first-order chi connectivity index (χ1) is 9.00. The van der Waals surface area contributed by atoms with Gasteiger partial charge in [-0.25, -0.2) is 0 Å².